The lowest BCUT2D eigenvalue weighted by molar-refractivity contribution is 0.230. The third-order valence-electron chi connectivity index (χ3n) is 3.76. The zero-order valence-electron chi connectivity index (χ0n) is 12.3. The van der Waals surface area contributed by atoms with Gasteiger partial charge in [0.25, 0.3) is 0 Å². The standard InChI is InChI=1S/C15H25N3O/c1-12(2)19-14-9-13(17-11-18-14)16-10-15(3)7-5-4-6-8-15/h9,11-12H,4-8,10H2,1-3H3,(H,16,17,18). The van der Waals surface area contributed by atoms with Gasteiger partial charge in [-0.05, 0) is 32.1 Å². The van der Waals surface area contributed by atoms with Crippen LogP contribution in [0.1, 0.15) is 52.9 Å². The molecule has 19 heavy (non-hydrogen) atoms. The number of ether oxygens (including phenoxy) is 1. The number of hydrogen-bond acceptors (Lipinski definition) is 4. The van der Waals surface area contributed by atoms with Crippen LogP contribution in [-0.4, -0.2) is 22.6 Å². The van der Waals surface area contributed by atoms with Crippen molar-refractivity contribution >= 4 is 5.82 Å². The largest absolute Gasteiger partial charge is 0.475 e. The fourth-order valence-corrected chi connectivity index (χ4v) is 2.63. The van der Waals surface area contributed by atoms with Crippen molar-refractivity contribution in [3.63, 3.8) is 0 Å². The third-order valence-corrected chi connectivity index (χ3v) is 3.76. The molecule has 1 aliphatic carbocycles. The molecule has 0 aliphatic heterocycles. The van der Waals surface area contributed by atoms with Crippen molar-refractivity contribution in [3.05, 3.63) is 12.4 Å². The molecule has 0 spiro atoms. The molecule has 4 heteroatoms. The van der Waals surface area contributed by atoms with Gasteiger partial charge in [0, 0.05) is 12.6 Å². The molecule has 0 saturated heterocycles. The van der Waals surface area contributed by atoms with Gasteiger partial charge in [-0.3, -0.25) is 0 Å². The molecule has 1 aromatic heterocycles. The summed E-state index contributed by atoms with van der Waals surface area (Å²) in [5.41, 5.74) is 0.405. The van der Waals surface area contributed by atoms with Crippen LogP contribution in [0.5, 0.6) is 5.88 Å². The molecule has 1 N–H and O–H groups in total. The minimum atomic E-state index is 0.138. The Balaban J connectivity index is 1.91. The second kappa shape index (κ2) is 6.22. The Kier molecular flexibility index (Phi) is 4.61. The van der Waals surface area contributed by atoms with Crippen LogP contribution in [0.3, 0.4) is 0 Å². The Bertz CT molecular complexity index is 400. The molecule has 0 radical (unpaired) electrons. The fraction of sp³-hybridized carbons (Fsp3) is 0.733. The number of nitrogens with one attached hydrogen (secondary N) is 1. The summed E-state index contributed by atoms with van der Waals surface area (Å²) in [5, 5.41) is 3.44. The highest BCUT2D eigenvalue weighted by atomic mass is 16.5. The zero-order chi connectivity index (χ0) is 13.7. The second-order valence-corrected chi connectivity index (χ2v) is 6.13. The summed E-state index contributed by atoms with van der Waals surface area (Å²) in [6.45, 7) is 7.34. The number of anilines is 1. The summed E-state index contributed by atoms with van der Waals surface area (Å²) in [4.78, 5) is 8.38. The predicted molar refractivity (Wildman–Crippen MR) is 77.5 cm³/mol. The van der Waals surface area contributed by atoms with Gasteiger partial charge in [0.05, 0.1) is 6.10 Å². The topological polar surface area (TPSA) is 47.0 Å². The molecule has 0 atom stereocenters. The van der Waals surface area contributed by atoms with Crippen molar-refractivity contribution in [2.75, 3.05) is 11.9 Å². The van der Waals surface area contributed by atoms with Crippen molar-refractivity contribution in [2.24, 2.45) is 5.41 Å². The highest BCUT2D eigenvalue weighted by molar-refractivity contribution is 5.37. The average molecular weight is 263 g/mol. The van der Waals surface area contributed by atoms with E-state index in [4.69, 9.17) is 4.74 Å². The summed E-state index contributed by atoms with van der Waals surface area (Å²) < 4.78 is 5.58. The average Bonchev–Trinajstić information content (AvgIpc) is 2.37. The first kappa shape index (κ1) is 14.1. The highest BCUT2D eigenvalue weighted by Crippen LogP contribution is 2.35. The van der Waals surface area contributed by atoms with E-state index in [0.717, 1.165) is 12.4 Å². The highest BCUT2D eigenvalue weighted by Gasteiger charge is 2.26. The fourth-order valence-electron chi connectivity index (χ4n) is 2.63. The van der Waals surface area contributed by atoms with Gasteiger partial charge in [-0.25, -0.2) is 9.97 Å². The first-order valence-corrected chi connectivity index (χ1v) is 7.30. The summed E-state index contributed by atoms with van der Waals surface area (Å²) in [5.74, 6) is 1.50. The van der Waals surface area contributed by atoms with Gasteiger partial charge in [-0.2, -0.15) is 0 Å². The maximum absolute atomic E-state index is 5.58. The molecule has 1 aromatic rings. The maximum Gasteiger partial charge on any atom is 0.218 e. The molecule has 0 unspecified atom stereocenters. The molecule has 106 valence electrons. The zero-order valence-corrected chi connectivity index (χ0v) is 12.3. The number of nitrogens with zero attached hydrogens (tertiary/aromatic N) is 2. The van der Waals surface area contributed by atoms with E-state index in [2.05, 4.69) is 22.2 Å². The summed E-state index contributed by atoms with van der Waals surface area (Å²) >= 11 is 0. The van der Waals surface area contributed by atoms with E-state index in [1.807, 2.05) is 19.9 Å². The van der Waals surface area contributed by atoms with E-state index in [1.54, 1.807) is 6.33 Å². The van der Waals surface area contributed by atoms with Crippen LogP contribution in [0.15, 0.2) is 12.4 Å². The van der Waals surface area contributed by atoms with Crippen LogP contribution in [0.4, 0.5) is 5.82 Å². The van der Waals surface area contributed by atoms with Crippen molar-refractivity contribution < 1.29 is 4.74 Å². The molecule has 0 aromatic carbocycles. The molecular weight excluding hydrogens is 238 g/mol. The molecule has 0 bridgehead atoms. The van der Waals surface area contributed by atoms with Crippen LogP contribution in [0.2, 0.25) is 0 Å². The summed E-state index contributed by atoms with van der Waals surface area (Å²) in [6.07, 6.45) is 8.39. The van der Waals surface area contributed by atoms with Gasteiger partial charge in [0.2, 0.25) is 5.88 Å². The Morgan fingerprint density at radius 2 is 2.00 bits per heavy atom. The van der Waals surface area contributed by atoms with Crippen molar-refractivity contribution in [2.45, 2.75) is 59.0 Å². The van der Waals surface area contributed by atoms with Crippen LogP contribution in [0, 0.1) is 5.41 Å². The van der Waals surface area contributed by atoms with Crippen molar-refractivity contribution in [3.8, 4) is 5.88 Å². The van der Waals surface area contributed by atoms with Gasteiger partial charge in [-0.15, -0.1) is 0 Å². The molecule has 0 amide bonds. The lowest BCUT2D eigenvalue weighted by atomic mass is 9.76. The predicted octanol–water partition coefficient (Wildman–Crippen LogP) is 3.65. The van der Waals surface area contributed by atoms with Gasteiger partial charge in [-0.1, -0.05) is 26.2 Å². The van der Waals surface area contributed by atoms with Crippen LogP contribution < -0.4 is 10.1 Å². The smallest absolute Gasteiger partial charge is 0.218 e. The Hall–Kier alpha value is -1.32. The first-order valence-electron chi connectivity index (χ1n) is 7.30. The second-order valence-electron chi connectivity index (χ2n) is 6.13. The molecular formula is C15H25N3O. The normalized spacial score (nSPS) is 18.3. The van der Waals surface area contributed by atoms with Gasteiger partial charge < -0.3 is 10.1 Å². The SMILES string of the molecule is CC(C)Oc1cc(NCC2(C)CCCCC2)ncn1. The molecule has 2 rings (SSSR count). The van der Waals surface area contributed by atoms with E-state index in [-0.39, 0.29) is 6.10 Å². The van der Waals surface area contributed by atoms with E-state index in [9.17, 15) is 0 Å². The number of hydrogen-bond donors (Lipinski definition) is 1. The Morgan fingerprint density at radius 3 is 2.68 bits per heavy atom. The van der Waals surface area contributed by atoms with Gasteiger partial charge in [0.1, 0.15) is 12.1 Å². The van der Waals surface area contributed by atoms with Crippen molar-refractivity contribution in [1.82, 2.24) is 9.97 Å². The minimum absolute atomic E-state index is 0.138. The lowest BCUT2D eigenvalue weighted by Crippen LogP contribution is -2.29. The van der Waals surface area contributed by atoms with Gasteiger partial charge >= 0.3 is 0 Å². The molecule has 1 aliphatic rings. The van der Waals surface area contributed by atoms with E-state index in [0.29, 0.717) is 11.3 Å². The monoisotopic (exact) mass is 263 g/mol. The third kappa shape index (κ3) is 4.37. The quantitative estimate of drug-likeness (QED) is 0.881. The van der Waals surface area contributed by atoms with Crippen LogP contribution in [0.25, 0.3) is 0 Å². The van der Waals surface area contributed by atoms with Gasteiger partial charge in [0.15, 0.2) is 0 Å². The summed E-state index contributed by atoms with van der Waals surface area (Å²) in [6, 6.07) is 1.88. The van der Waals surface area contributed by atoms with E-state index < -0.39 is 0 Å². The lowest BCUT2D eigenvalue weighted by Gasteiger charge is -2.33. The van der Waals surface area contributed by atoms with Crippen LogP contribution >= 0.6 is 0 Å². The Morgan fingerprint density at radius 1 is 1.26 bits per heavy atom. The maximum atomic E-state index is 5.58. The molecule has 1 saturated carbocycles. The first-order chi connectivity index (χ1) is 9.07. The van der Waals surface area contributed by atoms with E-state index >= 15 is 0 Å². The molecule has 4 nitrogen and oxygen atoms in total. The van der Waals surface area contributed by atoms with Crippen molar-refractivity contribution in [1.29, 1.82) is 0 Å². The van der Waals surface area contributed by atoms with Crippen LogP contribution in [-0.2, 0) is 0 Å². The summed E-state index contributed by atoms with van der Waals surface area (Å²) in [7, 11) is 0. The number of rotatable bonds is 5. The molecule has 1 fully saturated rings. The Labute approximate surface area is 116 Å². The molecule has 1 heterocycles. The number of aromatic nitrogens is 2. The van der Waals surface area contributed by atoms with E-state index in [1.165, 1.54) is 32.1 Å². The minimum Gasteiger partial charge on any atom is -0.475 e.